The van der Waals surface area contributed by atoms with Gasteiger partial charge in [-0.1, -0.05) is 24.3 Å². The van der Waals surface area contributed by atoms with Crippen LogP contribution < -0.4 is 5.32 Å². The topological polar surface area (TPSA) is 64.6 Å². The Hall–Kier alpha value is -3.24. The van der Waals surface area contributed by atoms with Crippen LogP contribution in [0.1, 0.15) is 28.2 Å². The molecule has 0 spiro atoms. The Kier molecular flexibility index (Phi) is 8.05. The van der Waals surface area contributed by atoms with Crippen LogP contribution in [0, 0.1) is 0 Å². The maximum atomic E-state index is 13.4. The molecule has 0 atom stereocenters. The molecule has 4 rings (SSSR count). The van der Waals surface area contributed by atoms with Crippen LogP contribution >= 0.6 is 0 Å². The first-order valence-electron chi connectivity index (χ1n) is 12.0. The summed E-state index contributed by atoms with van der Waals surface area (Å²) in [6, 6.07) is 12.8. The Balaban J connectivity index is 1.41. The molecule has 1 aliphatic heterocycles. The Morgan fingerprint density at radius 3 is 2.42 bits per heavy atom. The first-order valence-corrected chi connectivity index (χ1v) is 12.0. The second-order valence-electron chi connectivity index (χ2n) is 9.20. The highest BCUT2D eigenvalue weighted by Crippen LogP contribution is 2.32. The van der Waals surface area contributed by atoms with Crippen molar-refractivity contribution >= 4 is 22.6 Å². The molecule has 0 saturated carbocycles. The molecule has 1 aliphatic rings. The Morgan fingerprint density at radius 2 is 1.69 bits per heavy atom. The lowest BCUT2D eigenvalue weighted by molar-refractivity contribution is -0.138. The smallest absolute Gasteiger partial charge is 0.369 e. The number of hydrogen-bond acceptors (Lipinski definition) is 6. The molecule has 1 saturated heterocycles. The molecule has 0 unspecified atom stereocenters. The molecule has 1 N–H and O–H groups in total. The molecule has 2 aromatic carbocycles. The Labute approximate surface area is 208 Å². The summed E-state index contributed by atoms with van der Waals surface area (Å²) >= 11 is 0. The number of alkyl halides is 3. The molecule has 7 nitrogen and oxygen atoms in total. The number of halogens is 3. The molecule has 0 radical (unpaired) electrons. The number of rotatable bonds is 8. The van der Waals surface area contributed by atoms with Crippen LogP contribution in [0.15, 0.2) is 48.5 Å². The van der Waals surface area contributed by atoms with Crippen molar-refractivity contribution in [1.82, 2.24) is 24.7 Å². The Morgan fingerprint density at radius 1 is 1.00 bits per heavy atom. The quantitative estimate of drug-likeness (QED) is 0.473. The zero-order valence-corrected chi connectivity index (χ0v) is 20.6. The van der Waals surface area contributed by atoms with Crippen LogP contribution in [-0.4, -0.2) is 83.9 Å². The molecule has 10 heteroatoms. The van der Waals surface area contributed by atoms with E-state index in [2.05, 4.69) is 15.1 Å². The maximum absolute atomic E-state index is 13.4. The second-order valence-corrected chi connectivity index (χ2v) is 9.20. The number of piperazine rings is 1. The monoisotopic (exact) mass is 500 g/mol. The van der Waals surface area contributed by atoms with Crippen LogP contribution in [0.25, 0.3) is 10.9 Å². The van der Waals surface area contributed by atoms with Crippen molar-refractivity contribution in [1.29, 1.82) is 0 Å². The number of nitrogens with one attached hydrogen (secondary N) is 1. The largest absolute Gasteiger partial charge is 0.417 e. The third kappa shape index (κ3) is 6.30. The van der Waals surface area contributed by atoms with Gasteiger partial charge >= 0.3 is 6.18 Å². The average molecular weight is 501 g/mol. The molecule has 1 fully saturated rings. The van der Waals surface area contributed by atoms with Gasteiger partial charge in [-0.15, -0.1) is 0 Å². The van der Waals surface area contributed by atoms with E-state index >= 15 is 0 Å². The highest BCUT2D eigenvalue weighted by atomic mass is 19.4. The molecule has 36 heavy (non-hydrogen) atoms. The predicted octanol–water partition coefficient (Wildman–Crippen LogP) is 3.97. The van der Waals surface area contributed by atoms with E-state index in [0.29, 0.717) is 38.5 Å². The SMILES string of the molecule is CN(C)CCCNc1nc(CN2CCN(C(=O)c3ccccc3C(F)(F)F)CC2)nc2ccccc12. The standard InChI is InChI=1S/C26H31F3N6O/c1-33(2)13-7-12-30-24-20-9-4-6-11-22(20)31-23(32-24)18-34-14-16-35(17-15-34)25(36)19-8-3-5-10-21(19)26(27,28)29/h3-6,8-11H,7,12-18H2,1-2H3,(H,30,31,32). The van der Waals surface area contributed by atoms with Crippen LogP contribution in [0.2, 0.25) is 0 Å². The molecular weight excluding hydrogens is 469 g/mol. The van der Waals surface area contributed by atoms with E-state index in [1.54, 1.807) is 0 Å². The van der Waals surface area contributed by atoms with Crippen molar-refractivity contribution in [3.63, 3.8) is 0 Å². The highest BCUT2D eigenvalue weighted by molar-refractivity contribution is 5.96. The molecule has 0 aliphatic carbocycles. The van der Waals surface area contributed by atoms with Gasteiger partial charge in [0.1, 0.15) is 11.6 Å². The number of para-hydroxylation sites is 1. The zero-order chi connectivity index (χ0) is 25.7. The highest BCUT2D eigenvalue weighted by Gasteiger charge is 2.36. The van der Waals surface area contributed by atoms with E-state index in [0.717, 1.165) is 42.3 Å². The molecule has 1 amide bonds. The van der Waals surface area contributed by atoms with E-state index in [1.807, 2.05) is 38.4 Å². The predicted molar refractivity (Wildman–Crippen MR) is 134 cm³/mol. The number of fused-ring (bicyclic) bond motifs is 1. The van der Waals surface area contributed by atoms with E-state index in [4.69, 9.17) is 9.97 Å². The van der Waals surface area contributed by atoms with Gasteiger partial charge in [0.05, 0.1) is 23.2 Å². The summed E-state index contributed by atoms with van der Waals surface area (Å²) in [7, 11) is 4.08. The van der Waals surface area contributed by atoms with Crippen molar-refractivity contribution in [3.05, 3.63) is 65.5 Å². The van der Waals surface area contributed by atoms with Gasteiger partial charge in [-0.25, -0.2) is 9.97 Å². The molecule has 2 heterocycles. The summed E-state index contributed by atoms with van der Waals surface area (Å²) in [4.78, 5) is 28.1. The molecular formula is C26H31F3N6O. The Bertz CT molecular complexity index is 1190. The number of carbonyl (C=O) groups excluding carboxylic acids is 1. The first-order chi connectivity index (χ1) is 17.2. The van der Waals surface area contributed by atoms with E-state index in [1.165, 1.54) is 23.1 Å². The van der Waals surface area contributed by atoms with Gasteiger partial charge in [0.15, 0.2) is 0 Å². The van der Waals surface area contributed by atoms with Crippen molar-refractivity contribution < 1.29 is 18.0 Å². The molecule has 192 valence electrons. The minimum atomic E-state index is -4.57. The van der Waals surface area contributed by atoms with Gasteiger partial charge in [0, 0.05) is 38.1 Å². The fourth-order valence-electron chi connectivity index (χ4n) is 4.33. The zero-order valence-electron chi connectivity index (χ0n) is 20.6. The lowest BCUT2D eigenvalue weighted by Gasteiger charge is -2.34. The lowest BCUT2D eigenvalue weighted by Crippen LogP contribution is -2.48. The first kappa shape index (κ1) is 25.8. The van der Waals surface area contributed by atoms with Crippen LogP contribution in [0.4, 0.5) is 19.0 Å². The summed E-state index contributed by atoms with van der Waals surface area (Å²) < 4.78 is 40.1. The van der Waals surface area contributed by atoms with Crippen LogP contribution in [0.3, 0.4) is 0 Å². The summed E-state index contributed by atoms with van der Waals surface area (Å²) in [6.07, 6.45) is -3.59. The van der Waals surface area contributed by atoms with Crippen molar-refractivity contribution in [3.8, 4) is 0 Å². The number of benzene rings is 2. The van der Waals surface area contributed by atoms with Crippen molar-refractivity contribution in [2.24, 2.45) is 0 Å². The number of carbonyl (C=O) groups is 1. The fraction of sp³-hybridized carbons (Fsp3) is 0.423. The van der Waals surface area contributed by atoms with Gasteiger partial charge < -0.3 is 15.1 Å². The van der Waals surface area contributed by atoms with Gasteiger partial charge in [0.2, 0.25) is 0 Å². The second kappa shape index (κ2) is 11.2. The van der Waals surface area contributed by atoms with Gasteiger partial charge in [-0.05, 0) is 51.3 Å². The number of amides is 1. The van der Waals surface area contributed by atoms with Crippen molar-refractivity contribution in [2.45, 2.75) is 19.1 Å². The van der Waals surface area contributed by atoms with E-state index in [-0.39, 0.29) is 5.56 Å². The molecule has 1 aromatic heterocycles. The average Bonchev–Trinajstić information content (AvgIpc) is 2.86. The minimum absolute atomic E-state index is 0.304. The third-order valence-corrected chi connectivity index (χ3v) is 6.21. The van der Waals surface area contributed by atoms with Crippen LogP contribution in [0.5, 0.6) is 0 Å². The molecule has 0 bridgehead atoms. The lowest BCUT2D eigenvalue weighted by atomic mass is 10.1. The van der Waals surface area contributed by atoms with Crippen molar-refractivity contribution in [2.75, 3.05) is 58.7 Å². The maximum Gasteiger partial charge on any atom is 0.417 e. The minimum Gasteiger partial charge on any atom is -0.369 e. The van der Waals surface area contributed by atoms with E-state index < -0.39 is 17.6 Å². The summed E-state index contributed by atoms with van der Waals surface area (Å²) in [5.41, 5.74) is -0.343. The number of hydrogen-bond donors (Lipinski definition) is 1. The number of nitrogens with zero attached hydrogens (tertiary/aromatic N) is 5. The summed E-state index contributed by atoms with van der Waals surface area (Å²) in [5.74, 6) is 0.881. The molecule has 3 aromatic rings. The summed E-state index contributed by atoms with van der Waals surface area (Å²) in [6.45, 7) is 4.00. The van der Waals surface area contributed by atoms with Gasteiger partial charge in [-0.2, -0.15) is 13.2 Å². The van der Waals surface area contributed by atoms with Gasteiger partial charge in [-0.3, -0.25) is 9.69 Å². The number of anilines is 1. The van der Waals surface area contributed by atoms with Crippen LogP contribution in [-0.2, 0) is 12.7 Å². The van der Waals surface area contributed by atoms with E-state index in [9.17, 15) is 18.0 Å². The third-order valence-electron chi connectivity index (χ3n) is 6.21. The fourth-order valence-corrected chi connectivity index (χ4v) is 4.33. The number of aromatic nitrogens is 2. The normalized spacial score (nSPS) is 15.0. The summed E-state index contributed by atoms with van der Waals surface area (Å²) in [5, 5.41) is 4.40. The van der Waals surface area contributed by atoms with Gasteiger partial charge in [0.25, 0.3) is 5.91 Å².